The second-order valence-electron chi connectivity index (χ2n) is 6.57. The number of hydrogen-bond donors (Lipinski definition) is 1. The predicted octanol–water partition coefficient (Wildman–Crippen LogP) is 0.620. The molecule has 5 atom stereocenters. The van der Waals surface area contributed by atoms with Gasteiger partial charge in [-0.1, -0.05) is 18.2 Å². The van der Waals surface area contributed by atoms with Gasteiger partial charge in [0.25, 0.3) is 0 Å². The molecule has 1 heterocycles. The third-order valence-electron chi connectivity index (χ3n) is 3.87. The molecule has 1 aromatic rings. The zero-order valence-corrected chi connectivity index (χ0v) is 18.0. The smallest absolute Gasteiger partial charge is 0.303 e. The fourth-order valence-corrected chi connectivity index (χ4v) is 2.72. The van der Waals surface area contributed by atoms with Crippen molar-refractivity contribution in [3.8, 4) is 6.07 Å². The maximum atomic E-state index is 11.3. The number of ether oxygens (including phenoxy) is 5. The average molecular weight is 451 g/mol. The molecule has 1 aliphatic rings. The van der Waals surface area contributed by atoms with Crippen molar-refractivity contribution in [3.63, 3.8) is 0 Å². The van der Waals surface area contributed by atoms with Crippen molar-refractivity contribution in [2.45, 2.75) is 58.4 Å². The van der Waals surface area contributed by atoms with Crippen LogP contribution in [0.1, 0.15) is 33.3 Å². The zero-order chi connectivity index (χ0) is 24.3. The van der Waals surface area contributed by atoms with E-state index in [0.717, 1.165) is 27.7 Å². The van der Waals surface area contributed by atoms with Crippen LogP contribution in [0.25, 0.3) is 0 Å². The summed E-state index contributed by atoms with van der Waals surface area (Å²) in [5, 5.41) is 18.3. The third-order valence-corrected chi connectivity index (χ3v) is 3.87. The van der Waals surface area contributed by atoms with Gasteiger partial charge in [0, 0.05) is 27.7 Å². The molecule has 11 heteroatoms. The first-order chi connectivity index (χ1) is 15.0. The molecule has 0 aromatic heterocycles. The van der Waals surface area contributed by atoms with Crippen LogP contribution in [0.4, 0.5) is 0 Å². The summed E-state index contributed by atoms with van der Waals surface area (Å²) in [4.78, 5) is 44.9. The number of aliphatic hydroxyl groups excluding tert-OH is 1. The van der Waals surface area contributed by atoms with Crippen molar-refractivity contribution in [3.05, 3.63) is 35.9 Å². The summed E-state index contributed by atoms with van der Waals surface area (Å²) in [7, 11) is 0. The molecule has 1 saturated heterocycles. The van der Waals surface area contributed by atoms with E-state index in [1.807, 2.05) is 24.3 Å². The van der Waals surface area contributed by atoms with Gasteiger partial charge in [0.2, 0.25) is 0 Å². The summed E-state index contributed by atoms with van der Waals surface area (Å²) in [6.07, 6.45) is -6.79. The topological polar surface area (TPSA) is 158 Å². The minimum absolute atomic E-state index is 0.366. The Bertz CT molecular complexity index is 835. The molecular formula is C21H25NO10. The van der Waals surface area contributed by atoms with Crippen LogP contribution in [0.5, 0.6) is 0 Å². The molecule has 11 nitrogen and oxygen atoms in total. The molecular weight excluding hydrogens is 426 g/mol. The van der Waals surface area contributed by atoms with Gasteiger partial charge in [0.05, 0.1) is 11.6 Å². The lowest BCUT2D eigenvalue weighted by Gasteiger charge is -2.42. The molecule has 2 rings (SSSR count). The Hall–Kier alpha value is -3.49. The second-order valence-corrected chi connectivity index (χ2v) is 6.57. The number of carbonyl (C=O) groups excluding carboxylic acids is 4. The summed E-state index contributed by atoms with van der Waals surface area (Å²) >= 11 is 0. The van der Waals surface area contributed by atoms with E-state index in [1.165, 1.54) is 0 Å². The molecule has 0 amide bonds. The Labute approximate surface area is 184 Å². The largest absolute Gasteiger partial charge is 0.463 e. The number of esters is 4. The van der Waals surface area contributed by atoms with E-state index >= 15 is 0 Å². The Balaban J connectivity index is 0.000000533. The molecule has 174 valence electrons. The highest BCUT2D eigenvalue weighted by molar-refractivity contribution is 5.68. The van der Waals surface area contributed by atoms with Gasteiger partial charge in [0.1, 0.15) is 12.7 Å². The van der Waals surface area contributed by atoms with E-state index in [1.54, 1.807) is 12.1 Å². The number of carbonyl (C=O) groups is 4. The summed E-state index contributed by atoms with van der Waals surface area (Å²) in [6, 6.07) is 11.2. The van der Waals surface area contributed by atoms with Crippen LogP contribution in [-0.2, 0) is 42.9 Å². The van der Waals surface area contributed by atoms with Crippen LogP contribution in [0, 0.1) is 11.3 Å². The van der Waals surface area contributed by atoms with E-state index < -0.39 is 54.6 Å². The van der Waals surface area contributed by atoms with Crippen LogP contribution in [0.15, 0.2) is 30.3 Å². The fraction of sp³-hybridized carbons (Fsp3) is 0.476. The normalized spacial score (nSPS) is 23.9. The molecule has 0 radical (unpaired) electrons. The zero-order valence-electron chi connectivity index (χ0n) is 18.0. The lowest BCUT2D eigenvalue weighted by molar-refractivity contribution is -0.296. The maximum absolute atomic E-state index is 11.3. The van der Waals surface area contributed by atoms with E-state index in [0.29, 0.717) is 5.56 Å². The monoisotopic (exact) mass is 451 g/mol. The quantitative estimate of drug-likeness (QED) is 0.494. The summed E-state index contributed by atoms with van der Waals surface area (Å²) in [5.41, 5.74) is 0.715. The number of aliphatic hydroxyl groups is 1. The van der Waals surface area contributed by atoms with Gasteiger partial charge in [-0.15, -0.1) is 0 Å². The molecule has 0 saturated carbocycles. The van der Waals surface area contributed by atoms with Gasteiger partial charge < -0.3 is 28.8 Å². The van der Waals surface area contributed by atoms with E-state index in [2.05, 4.69) is 0 Å². The van der Waals surface area contributed by atoms with Crippen LogP contribution in [0.2, 0.25) is 0 Å². The second kappa shape index (κ2) is 13.0. The van der Waals surface area contributed by atoms with Crippen molar-refractivity contribution >= 4 is 23.9 Å². The predicted molar refractivity (Wildman–Crippen MR) is 105 cm³/mol. The van der Waals surface area contributed by atoms with E-state index in [-0.39, 0.29) is 6.61 Å². The number of benzene rings is 1. The Kier molecular flexibility index (Phi) is 10.8. The molecule has 1 aromatic carbocycles. The molecule has 0 bridgehead atoms. The van der Waals surface area contributed by atoms with Crippen LogP contribution in [-0.4, -0.2) is 66.3 Å². The van der Waals surface area contributed by atoms with Crippen molar-refractivity contribution in [2.75, 3.05) is 6.61 Å². The number of nitriles is 1. The maximum Gasteiger partial charge on any atom is 0.303 e. The average Bonchev–Trinajstić information content (AvgIpc) is 2.71. The van der Waals surface area contributed by atoms with Gasteiger partial charge in [-0.05, 0) is 12.1 Å². The fourth-order valence-electron chi connectivity index (χ4n) is 2.72. The summed E-state index contributed by atoms with van der Waals surface area (Å²) < 4.78 is 25.0. The first-order valence-corrected chi connectivity index (χ1v) is 9.48. The highest BCUT2D eigenvalue weighted by Crippen LogP contribution is 2.28. The van der Waals surface area contributed by atoms with Gasteiger partial charge in [0.15, 0.2) is 24.6 Å². The first-order valence-electron chi connectivity index (χ1n) is 9.48. The summed E-state index contributed by atoms with van der Waals surface area (Å²) in [6.45, 7) is 4.09. The molecule has 32 heavy (non-hydrogen) atoms. The van der Waals surface area contributed by atoms with Crippen LogP contribution >= 0.6 is 0 Å². The number of rotatable bonds is 5. The molecule has 1 aliphatic heterocycles. The minimum Gasteiger partial charge on any atom is -0.463 e. The molecule has 0 aliphatic carbocycles. The van der Waals surface area contributed by atoms with Gasteiger partial charge in [-0.3, -0.25) is 19.2 Å². The molecule has 1 fully saturated rings. The van der Waals surface area contributed by atoms with E-state index in [4.69, 9.17) is 28.9 Å². The molecule has 1 N–H and O–H groups in total. The minimum atomic E-state index is -1.68. The van der Waals surface area contributed by atoms with Crippen LogP contribution in [0.3, 0.4) is 0 Å². The standard InChI is InChI=1S/C14H20O10.C7H5N/c1-6(15)20-5-10-11(21-7(2)16)12(22-8(3)17)13(14(19)24-10)23-9(4)18;8-6-7-4-2-1-3-5-7/h10-14,19H,5H2,1-4H3;1-5H/t10-,11-,12+,13-,14?;/m1./s1. The van der Waals surface area contributed by atoms with Crippen LogP contribution < -0.4 is 0 Å². The van der Waals surface area contributed by atoms with Crippen molar-refractivity contribution < 1.29 is 48.0 Å². The van der Waals surface area contributed by atoms with Gasteiger partial charge in [-0.25, -0.2) is 0 Å². The lowest BCUT2D eigenvalue weighted by atomic mass is 9.98. The van der Waals surface area contributed by atoms with Crippen molar-refractivity contribution in [1.82, 2.24) is 0 Å². The van der Waals surface area contributed by atoms with Gasteiger partial charge >= 0.3 is 23.9 Å². The number of nitrogens with zero attached hydrogens (tertiary/aromatic N) is 1. The van der Waals surface area contributed by atoms with Crippen molar-refractivity contribution in [1.29, 1.82) is 5.26 Å². The lowest BCUT2D eigenvalue weighted by Crippen LogP contribution is -2.62. The van der Waals surface area contributed by atoms with E-state index in [9.17, 15) is 24.3 Å². The van der Waals surface area contributed by atoms with Gasteiger partial charge in [-0.2, -0.15) is 5.26 Å². The first kappa shape index (κ1) is 26.5. The highest BCUT2D eigenvalue weighted by atomic mass is 16.7. The Morgan fingerprint density at radius 2 is 1.38 bits per heavy atom. The van der Waals surface area contributed by atoms with Crippen molar-refractivity contribution in [2.24, 2.45) is 0 Å². The SMILES string of the molecule is CC(=O)OC[C@H]1OC(O)[C@H](OC(C)=O)[C@@H](OC(C)=O)[C@@H]1OC(C)=O.N#Cc1ccccc1. The number of hydrogen-bond acceptors (Lipinski definition) is 11. The summed E-state index contributed by atoms with van der Waals surface area (Å²) in [5.74, 6) is -2.87. The third kappa shape index (κ3) is 9.11. The Morgan fingerprint density at radius 3 is 1.81 bits per heavy atom. The molecule has 0 spiro atoms. The highest BCUT2D eigenvalue weighted by Gasteiger charge is 2.51. The Morgan fingerprint density at radius 1 is 0.875 bits per heavy atom. The molecule has 1 unspecified atom stereocenters.